The topological polar surface area (TPSA) is 43.6 Å². The predicted molar refractivity (Wildman–Crippen MR) is 70.6 cm³/mol. The van der Waals surface area contributed by atoms with E-state index in [1.165, 1.54) is 0 Å². The Kier molecular flexibility index (Phi) is 2.72. The summed E-state index contributed by atoms with van der Waals surface area (Å²) in [5.41, 5.74) is 2.74. The van der Waals surface area contributed by atoms with Crippen molar-refractivity contribution in [2.45, 2.75) is 13.0 Å². The maximum atomic E-state index is 5.93. The number of halogens is 1. The minimum atomic E-state index is 0.120. The van der Waals surface area contributed by atoms with Gasteiger partial charge in [-0.25, -0.2) is 9.97 Å². The molecule has 0 aliphatic heterocycles. The summed E-state index contributed by atoms with van der Waals surface area (Å²) >= 11 is 5.93. The molecule has 5 heteroatoms. The minimum Gasteiger partial charge on any atom is -0.308 e. The van der Waals surface area contributed by atoms with Crippen molar-refractivity contribution in [3.05, 3.63) is 53.7 Å². The quantitative estimate of drug-likeness (QED) is 0.664. The molecule has 3 heterocycles. The molecular weight excluding hydrogens is 248 g/mol. The van der Waals surface area contributed by atoms with Gasteiger partial charge in [0.25, 0.3) is 0 Å². The number of fused-ring (bicyclic) bond motifs is 1. The van der Waals surface area contributed by atoms with E-state index in [2.05, 4.69) is 21.9 Å². The molecule has 0 fully saturated rings. The summed E-state index contributed by atoms with van der Waals surface area (Å²) in [5.74, 6) is 0. The Morgan fingerprint density at radius 3 is 2.94 bits per heavy atom. The lowest BCUT2D eigenvalue weighted by molar-refractivity contribution is 0.650. The number of pyridine rings is 2. The van der Waals surface area contributed by atoms with E-state index in [0.29, 0.717) is 5.15 Å². The normalized spacial score (nSPS) is 12.8. The van der Waals surface area contributed by atoms with Gasteiger partial charge >= 0.3 is 0 Å². The molecule has 0 aliphatic carbocycles. The Morgan fingerprint density at radius 1 is 1.28 bits per heavy atom. The number of hydrogen-bond acceptors (Lipinski definition) is 3. The molecule has 90 valence electrons. The maximum Gasteiger partial charge on any atom is 0.162 e. The molecule has 0 saturated carbocycles. The Balaban J connectivity index is 2.12. The van der Waals surface area contributed by atoms with E-state index in [1.807, 2.05) is 29.0 Å². The molecule has 0 spiro atoms. The van der Waals surface area contributed by atoms with Gasteiger partial charge in [-0.15, -0.1) is 0 Å². The van der Waals surface area contributed by atoms with Gasteiger partial charge < -0.3 is 4.57 Å². The van der Waals surface area contributed by atoms with Crippen LogP contribution < -0.4 is 0 Å². The molecule has 3 rings (SSSR count). The van der Waals surface area contributed by atoms with Crippen LogP contribution >= 0.6 is 11.6 Å². The first-order valence-electron chi connectivity index (χ1n) is 5.65. The Morgan fingerprint density at radius 2 is 2.17 bits per heavy atom. The van der Waals surface area contributed by atoms with Crippen LogP contribution in [-0.2, 0) is 0 Å². The lowest BCUT2D eigenvalue weighted by Crippen LogP contribution is -2.06. The van der Waals surface area contributed by atoms with Gasteiger partial charge in [0.2, 0.25) is 0 Å². The van der Waals surface area contributed by atoms with Crippen LogP contribution in [0.2, 0.25) is 5.15 Å². The van der Waals surface area contributed by atoms with E-state index in [1.54, 1.807) is 18.6 Å². The smallest absolute Gasteiger partial charge is 0.162 e. The summed E-state index contributed by atoms with van der Waals surface area (Å²) in [4.78, 5) is 12.8. The second-order valence-electron chi connectivity index (χ2n) is 4.09. The van der Waals surface area contributed by atoms with Crippen LogP contribution in [0.1, 0.15) is 18.5 Å². The first-order chi connectivity index (χ1) is 8.75. The number of imidazole rings is 1. The summed E-state index contributed by atoms with van der Waals surface area (Å²) in [6, 6.07) is 7.70. The van der Waals surface area contributed by atoms with E-state index in [0.717, 1.165) is 16.7 Å². The van der Waals surface area contributed by atoms with Crippen LogP contribution in [0.3, 0.4) is 0 Å². The Hall–Kier alpha value is -1.94. The third-order valence-electron chi connectivity index (χ3n) is 2.97. The van der Waals surface area contributed by atoms with Crippen molar-refractivity contribution in [3.8, 4) is 0 Å². The Bertz CT molecular complexity index is 678. The summed E-state index contributed by atoms with van der Waals surface area (Å²) in [6.07, 6.45) is 5.39. The zero-order valence-electron chi connectivity index (χ0n) is 9.79. The second-order valence-corrected chi connectivity index (χ2v) is 4.48. The zero-order valence-corrected chi connectivity index (χ0v) is 10.5. The van der Waals surface area contributed by atoms with Crippen molar-refractivity contribution in [2.24, 2.45) is 0 Å². The lowest BCUT2D eigenvalue weighted by Gasteiger charge is -2.13. The molecule has 0 saturated heterocycles. The van der Waals surface area contributed by atoms with Gasteiger partial charge in [0, 0.05) is 12.4 Å². The third-order valence-corrected chi connectivity index (χ3v) is 3.18. The summed E-state index contributed by atoms with van der Waals surface area (Å²) < 4.78 is 2.00. The van der Waals surface area contributed by atoms with Crippen molar-refractivity contribution in [2.75, 3.05) is 0 Å². The molecule has 0 radical (unpaired) electrons. The fourth-order valence-electron chi connectivity index (χ4n) is 1.95. The Labute approximate surface area is 109 Å². The number of nitrogens with zero attached hydrogens (tertiary/aromatic N) is 4. The van der Waals surface area contributed by atoms with E-state index in [4.69, 9.17) is 11.6 Å². The first kappa shape index (κ1) is 11.2. The van der Waals surface area contributed by atoms with Crippen LogP contribution in [0.15, 0.2) is 43.0 Å². The number of aromatic nitrogens is 4. The van der Waals surface area contributed by atoms with Crippen LogP contribution in [0.25, 0.3) is 11.2 Å². The van der Waals surface area contributed by atoms with Gasteiger partial charge in [0.05, 0.1) is 12.4 Å². The lowest BCUT2D eigenvalue weighted by atomic mass is 10.1. The maximum absolute atomic E-state index is 5.93. The largest absolute Gasteiger partial charge is 0.308 e. The fourth-order valence-corrected chi connectivity index (χ4v) is 2.10. The van der Waals surface area contributed by atoms with Crippen molar-refractivity contribution >= 4 is 22.8 Å². The number of hydrogen-bond donors (Lipinski definition) is 0. The molecule has 4 nitrogen and oxygen atoms in total. The molecule has 0 bridgehead atoms. The predicted octanol–water partition coefficient (Wildman–Crippen LogP) is 3.09. The summed E-state index contributed by atoms with van der Waals surface area (Å²) in [6.45, 7) is 2.08. The van der Waals surface area contributed by atoms with Gasteiger partial charge in [0.1, 0.15) is 10.7 Å². The van der Waals surface area contributed by atoms with Gasteiger partial charge in [0.15, 0.2) is 5.65 Å². The molecular formula is C13H11ClN4. The zero-order chi connectivity index (χ0) is 12.5. The van der Waals surface area contributed by atoms with Gasteiger partial charge in [-0.1, -0.05) is 17.7 Å². The van der Waals surface area contributed by atoms with Crippen molar-refractivity contribution in [3.63, 3.8) is 0 Å². The molecule has 0 N–H and O–H groups in total. The molecule has 0 unspecified atom stereocenters. The van der Waals surface area contributed by atoms with E-state index < -0.39 is 0 Å². The van der Waals surface area contributed by atoms with Crippen LogP contribution in [0.4, 0.5) is 0 Å². The van der Waals surface area contributed by atoms with Crippen molar-refractivity contribution in [1.29, 1.82) is 0 Å². The molecule has 0 aromatic carbocycles. The highest BCUT2D eigenvalue weighted by molar-refractivity contribution is 6.29. The highest BCUT2D eigenvalue weighted by Gasteiger charge is 2.12. The number of rotatable bonds is 2. The van der Waals surface area contributed by atoms with Gasteiger partial charge in [-0.05, 0) is 30.7 Å². The third kappa shape index (κ3) is 1.84. The molecule has 3 aromatic heterocycles. The molecule has 3 aromatic rings. The summed E-state index contributed by atoms with van der Waals surface area (Å²) in [5, 5.41) is 0.475. The first-order valence-corrected chi connectivity index (χ1v) is 6.02. The molecule has 18 heavy (non-hydrogen) atoms. The fraction of sp³-hybridized carbons (Fsp3) is 0.154. The van der Waals surface area contributed by atoms with Crippen molar-refractivity contribution < 1.29 is 0 Å². The monoisotopic (exact) mass is 258 g/mol. The van der Waals surface area contributed by atoms with Crippen LogP contribution in [0, 0.1) is 0 Å². The van der Waals surface area contributed by atoms with Crippen LogP contribution in [-0.4, -0.2) is 19.5 Å². The molecule has 1 atom stereocenters. The van der Waals surface area contributed by atoms with Gasteiger partial charge in [-0.3, -0.25) is 4.98 Å². The standard InChI is InChI=1S/C13H11ClN4/c1-9(10-3-2-6-15-7-10)18-8-16-11-4-5-12(14)17-13(11)18/h2-9H,1H3/t9-/m0/s1. The van der Waals surface area contributed by atoms with E-state index in [9.17, 15) is 0 Å². The highest BCUT2D eigenvalue weighted by atomic mass is 35.5. The minimum absolute atomic E-state index is 0.120. The SMILES string of the molecule is C[C@@H](c1cccnc1)n1cnc2ccc(Cl)nc21. The molecule has 0 amide bonds. The average molecular weight is 259 g/mol. The average Bonchev–Trinajstić information content (AvgIpc) is 2.82. The van der Waals surface area contributed by atoms with E-state index in [-0.39, 0.29) is 6.04 Å². The molecule has 0 aliphatic rings. The highest BCUT2D eigenvalue weighted by Crippen LogP contribution is 2.22. The second kappa shape index (κ2) is 4.38. The summed E-state index contributed by atoms with van der Waals surface area (Å²) in [7, 11) is 0. The van der Waals surface area contributed by atoms with Gasteiger partial charge in [-0.2, -0.15) is 0 Å². The van der Waals surface area contributed by atoms with E-state index >= 15 is 0 Å². The van der Waals surface area contributed by atoms with Crippen molar-refractivity contribution in [1.82, 2.24) is 19.5 Å². The van der Waals surface area contributed by atoms with Crippen LogP contribution in [0.5, 0.6) is 0 Å².